The van der Waals surface area contributed by atoms with Crippen molar-refractivity contribution in [1.82, 2.24) is 3.97 Å². The van der Waals surface area contributed by atoms with E-state index >= 15 is 0 Å². The van der Waals surface area contributed by atoms with Gasteiger partial charge in [0.15, 0.2) is 0 Å². The van der Waals surface area contributed by atoms with E-state index < -0.39 is 10.0 Å². The van der Waals surface area contributed by atoms with Gasteiger partial charge in [-0.15, -0.1) is 0 Å². The van der Waals surface area contributed by atoms with Crippen LogP contribution in [-0.4, -0.2) is 12.4 Å². The Morgan fingerprint density at radius 3 is 2.56 bits per heavy atom. The van der Waals surface area contributed by atoms with Crippen molar-refractivity contribution in [3.05, 3.63) is 71.9 Å². The number of fused-ring (bicyclic) bond motifs is 2. The fraction of sp³-hybridized carbons (Fsp3) is 0.238. The normalized spacial score (nSPS) is 22.0. The molecule has 0 saturated heterocycles. The van der Waals surface area contributed by atoms with Crippen molar-refractivity contribution in [3.63, 3.8) is 0 Å². The first-order valence-electron chi connectivity index (χ1n) is 8.67. The highest BCUT2D eigenvalue weighted by Gasteiger charge is 2.40. The Morgan fingerprint density at radius 2 is 1.84 bits per heavy atom. The van der Waals surface area contributed by atoms with E-state index in [1.165, 1.54) is 28.0 Å². The third-order valence-electron chi connectivity index (χ3n) is 5.48. The lowest BCUT2D eigenvalue weighted by Crippen LogP contribution is -2.11. The Morgan fingerprint density at radius 1 is 1.04 bits per heavy atom. The zero-order valence-electron chi connectivity index (χ0n) is 14.0. The molecule has 0 radical (unpaired) electrons. The second-order valence-corrected chi connectivity index (χ2v) is 9.07. The molecule has 0 N–H and O–H groups in total. The molecule has 2 unspecified atom stereocenters. The van der Waals surface area contributed by atoms with E-state index in [1.807, 2.05) is 31.2 Å². The smallest absolute Gasteiger partial charge is 0.241 e. The summed E-state index contributed by atoms with van der Waals surface area (Å²) < 4.78 is 27.3. The van der Waals surface area contributed by atoms with Crippen LogP contribution in [0.25, 0.3) is 16.5 Å². The molecule has 1 heterocycles. The summed E-state index contributed by atoms with van der Waals surface area (Å²) in [6.45, 7) is 1.95. The van der Waals surface area contributed by atoms with Gasteiger partial charge in [-0.1, -0.05) is 29.8 Å². The van der Waals surface area contributed by atoms with Gasteiger partial charge in [-0.2, -0.15) is 0 Å². The predicted molar refractivity (Wildman–Crippen MR) is 99.9 cm³/mol. The summed E-state index contributed by atoms with van der Waals surface area (Å²) in [6.07, 6.45) is 6.56. The van der Waals surface area contributed by atoms with Crippen molar-refractivity contribution in [3.8, 4) is 0 Å². The molecular weight excluding hydrogens is 330 g/mol. The maximum absolute atomic E-state index is 13.0. The van der Waals surface area contributed by atoms with Crippen LogP contribution in [0.5, 0.6) is 0 Å². The number of allylic oxidation sites excluding steroid dienone is 2. The summed E-state index contributed by atoms with van der Waals surface area (Å²) in [4.78, 5) is 0.318. The Balaban J connectivity index is 1.58. The number of nitrogens with zero attached hydrogens (tertiary/aromatic N) is 1. The summed E-state index contributed by atoms with van der Waals surface area (Å²) >= 11 is 0. The van der Waals surface area contributed by atoms with Gasteiger partial charge in [-0.25, -0.2) is 12.4 Å². The van der Waals surface area contributed by atoms with Crippen molar-refractivity contribution < 1.29 is 8.42 Å². The Hall–Kier alpha value is -2.33. The van der Waals surface area contributed by atoms with Crippen LogP contribution in [0.4, 0.5) is 0 Å². The minimum Gasteiger partial charge on any atom is -0.241 e. The van der Waals surface area contributed by atoms with Crippen molar-refractivity contribution in [2.24, 2.45) is 11.8 Å². The van der Waals surface area contributed by atoms with Crippen LogP contribution in [0.2, 0.25) is 0 Å². The quantitative estimate of drug-likeness (QED) is 0.693. The second-order valence-electron chi connectivity index (χ2n) is 7.26. The summed E-state index contributed by atoms with van der Waals surface area (Å²) in [5, 5.41) is 0.967. The zero-order valence-corrected chi connectivity index (χ0v) is 14.8. The molecule has 1 aromatic heterocycles. The molecule has 1 fully saturated rings. The average Bonchev–Trinajstić information content (AvgIpc) is 3.03. The first kappa shape index (κ1) is 15.0. The number of rotatable bonds is 3. The standard InChI is InChI=1S/C21H19NO2S/c1-14-2-5-20(6-3-14)25(23,24)22-9-8-16-10-15(4-7-21(16)22)17-11-18-13-19(18)12-17/h2-11,18-19H,12-13H2,1H3. The number of benzene rings is 2. The third-order valence-corrected chi connectivity index (χ3v) is 7.18. The van der Waals surface area contributed by atoms with E-state index in [4.69, 9.17) is 0 Å². The molecule has 3 nitrogen and oxygen atoms in total. The maximum atomic E-state index is 13.0. The molecular formula is C21H19NO2S. The molecule has 5 rings (SSSR count). The number of aromatic nitrogens is 1. The first-order chi connectivity index (χ1) is 12.0. The zero-order chi connectivity index (χ0) is 17.2. The lowest BCUT2D eigenvalue weighted by Gasteiger charge is -2.09. The minimum absolute atomic E-state index is 0.318. The van der Waals surface area contributed by atoms with Gasteiger partial charge in [0.25, 0.3) is 10.0 Å². The van der Waals surface area contributed by atoms with Gasteiger partial charge in [0.2, 0.25) is 0 Å². The molecule has 25 heavy (non-hydrogen) atoms. The van der Waals surface area contributed by atoms with Crippen molar-refractivity contribution >= 4 is 26.5 Å². The average molecular weight is 349 g/mol. The maximum Gasteiger partial charge on any atom is 0.268 e. The summed E-state index contributed by atoms with van der Waals surface area (Å²) in [5.74, 6) is 1.65. The van der Waals surface area contributed by atoms with Gasteiger partial charge >= 0.3 is 0 Å². The summed E-state index contributed by atoms with van der Waals surface area (Å²) in [7, 11) is -3.57. The topological polar surface area (TPSA) is 39.1 Å². The monoisotopic (exact) mass is 349 g/mol. The van der Waals surface area contributed by atoms with Crippen LogP contribution >= 0.6 is 0 Å². The van der Waals surface area contributed by atoms with Gasteiger partial charge in [0.05, 0.1) is 10.4 Å². The molecule has 2 aromatic carbocycles. The number of hydrogen-bond acceptors (Lipinski definition) is 2. The molecule has 1 saturated carbocycles. The lowest BCUT2D eigenvalue weighted by atomic mass is 10.0. The Kier molecular flexibility index (Phi) is 3.04. The van der Waals surface area contributed by atoms with E-state index in [0.29, 0.717) is 4.90 Å². The molecule has 2 aliphatic carbocycles. The van der Waals surface area contributed by atoms with Gasteiger partial charge in [-0.3, -0.25) is 0 Å². The number of hydrogen-bond donors (Lipinski definition) is 0. The first-order valence-corrected chi connectivity index (χ1v) is 10.1. The molecule has 3 aromatic rings. The van der Waals surface area contributed by atoms with E-state index in [1.54, 1.807) is 18.3 Å². The van der Waals surface area contributed by atoms with Crippen LogP contribution < -0.4 is 0 Å². The highest BCUT2D eigenvalue weighted by atomic mass is 32.2. The lowest BCUT2D eigenvalue weighted by molar-refractivity contribution is 0.589. The van der Waals surface area contributed by atoms with Gasteiger partial charge < -0.3 is 0 Å². The molecule has 2 aliphatic rings. The molecule has 2 atom stereocenters. The minimum atomic E-state index is -3.57. The SMILES string of the molecule is Cc1ccc(S(=O)(=O)n2ccc3cc(C4=CC5CC5C4)ccc32)cc1. The van der Waals surface area contributed by atoms with Gasteiger partial charge in [-0.05, 0) is 73.1 Å². The van der Waals surface area contributed by atoms with E-state index in [-0.39, 0.29) is 0 Å². The highest BCUT2D eigenvalue weighted by molar-refractivity contribution is 7.90. The Bertz CT molecular complexity index is 1120. The third kappa shape index (κ3) is 2.35. The molecule has 0 amide bonds. The summed E-state index contributed by atoms with van der Waals surface area (Å²) in [5.41, 5.74) is 4.42. The fourth-order valence-corrected chi connectivity index (χ4v) is 5.24. The van der Waals surface area contributed by atoms with Gasteiger partial charge in [0, 0.05) is 11.6 Å². The van der Waals surface area contributed by atoms with Gasteiger partial charge in [0.1, 0.15) is 0 Å². The second kappa shape index (κ2) is 5.09. The molecule has 0 aliphatic heterocycles. The van der Waals surface area contributed by atoms with Crippen molar-refractivity contribution in [2.45, 2.75) is 24.7 Å². The molecule has 0 bridgehead atoms. The Labute approximate surface area is 147 Å². The largest absolute Gasteiger partial charge is 0.268 e. The molecule has 126 valence electrons. The van der Waals surface area contributed by atoms with E-state index in [9.17, 15) is 8.42 Å². The molecule has 0 spiro atoms. The van der Waals surface area contributed by atoms with Crippen molar-refractivity contribution in [2.75, 3.05) is 0 Å². The van der Waals surface area contributed by atoms with Crippen LogP contribution in [0.15, 0.2) is 65.7 Å². The number of aryl methyl sites for hydroxylation is 1. The van der Waals surface area contributed by atoms with Crippen LogP contribution in [0.1, 0.15) is 24.0 Å². The van der Waals surface area contributed by atoms with Crippen LogP contribution in [0, 0.1) is 18.8 Å². The van der Waals surface area contributed by atoms with Crippen molar-refractivity contribution in [1.29, 1.82) is 0 Å². The van der Waals surface area contributed by atoms with E-state index in [0.717, 1.165) is 28.3 Å². The summed E-state index contributed by atoms with van der Waals surface area (Å²) in [6, 6.07) is 15.0. The highest BCUT2D eigenvalue weighted by Crippen LogP contribution is 2.52. The van der Waals surface area contributed by atoms with Crippen LogP contribution in [0.3, 0.4) is 0 Å². The van der Waals surface area contributed by atoms with Crippen LogP contribution in [-0.2, 0) is 10.0 Å². The molecule has 4 heteroatoms. The predicted octanol–water partition coefficient (Wildman–Crippen LogP) is 4.61. The van der Waals surface area contributed by atoms with E-state index in [2.05, 4.69) is 18.2 Å². The fourth-order valence-electron chi connectivity index (χ4n) is 3.88.